The third kappa shape index (κ3) is 1.25. The Hall–Kier alpha value is -0.900. The second-order valence-electron chi connectivity index (χ2n) is 3.13. The second kappa shape index (κ2) is 2.80. The van der Waals surface area contributed by atoms with Crippen molar-refractivity contribution in [1.82, 2.24) is 0 Å². The first kappa shape index (κ1) is 8.69. The standard InChI is InChI=1S/C8H6ClFO3/c9-5-1-3-4(2-6(5)10)8(12)13-7(3)11/h2-5H,1H2. The highest BCUT2D eigenvalue weighted by Crippen LogP contribution is 2.37. The summed E-state index contributed by atoms with van der Waals surface area (Å²) in [6.07, 6.45) is 1.22. The number of allylic oxidation sites excluding steroid dienone is 1. The van der Waals surface area contributed by atoms with Gasteiger partial charge in [-0.25, -0.2) is 4.39 Å². The van der Waals surface area contributed by atoms with Crippen molar-refractivity contribution in [1.29, 1.82) is 0 Å². The fourth-order valence-electron chi connectivity index (χ4n) is 1.59. The van der Waals surface area contributed by atoms with E-state index in [9.17, 15) is 14.0 Å². The molecule has 13 heavy (non-hydrogen) atoms. The number of fused-ring (bicyclic) bond motifs is 1. The molecule has 1 fully saturated rings. The third-order valence-corrected chi connectivity index (χ3v) is 2.70. The zero-order chi connectivity index (χ0) is 9.59. The molecular formula is C8H6ClFO3. The van der Waals surface area contributed by atoms with E-state index in [1.54, 1.807) is 0 Å². The first-order chi connectivity index (χ1) is 6.09. The Kier molecular flexibility index (Phi) is 1.87. The van der Waals surface area contributed by atoms with Crippen LogP contribution < -0.4 is 0 Å². The summed E-state index contributed by atoms with van der Waals surface area (Å²) in [5.74, 6) is -3.16. The molecule has 0 spiro atoms. The summed E-state index contributed by atoms with van der Waals surface area (Å²) in [6, 6.07) is 0. The normalized spacial score (nSPS) is 38.3. The summed E-state index contributed by atoms with van der Waals surface area (Å²) < 4.78 is 17.3. The summed E-state index contributed by atoms with van der Waals surface area (Å²) in [7, 11) is 0. The van der Waals surface area contributed by atoms with Gasteiger partial charge in [0.1, 0.15) is 5.83 Å². The van der Waals surface area contributed by atoms with Crippen molar-refractivity contribution >= 4 is 23.5 Å². The number of hydrogen-bond donors (Lipinski definition) is 0. The van der Waals surface area contributed by atoms with Crippen LogP contribution in [0.5, 0.6) is 0 Å². The molecule has 0 aromatic carbocycles. The predicted octanol–water partition coefficient (Wildman–Crippen LogP) is 1.17. The predicted molar refractivity (Wildman–Crippen MR) is 41.5 cm³/mol. The molecule has 3 unspecified atom stereocenters. The lowest BCUT2D eigenvalue weighted by atomic mass is 9.85. The summed E-state index contributed by atoms with van der Waals surface area (Å²) in [4.78, 5) is 22.0. The van der Waals surface area contributed by atoms with Crippen LogP contribution in [-0.2, 0) is 14.3 Å². The summed E-state index contributed by atoms with van der Waals surface area (Å²) in [5.41, 5.74) is 0. The third-order valence-electron chi connectivity index (χ3n) is 2.31. The van der Waals surface area contributed by atoms with Crippen molar-refractivity contribution in [2.24, 2.45) is 11.8 Å². The largest absolute Gasteiger partial charge is 0.392 e. The van der Waals surface area contributed by atoms with E-state index in [-0.39, 0.29) is 6.42 Å². The molecule has 0 bridgehead atoms. The molecule has 2 rings (SSSR count). The van der Waals surface area contributed by atoms with Gasteiger partial charge < -0.3 is 4.74 Å². The van der Waals surface area contributed by atoms with Crippen LogP contribution in [-0.4, -0.2) is 17.3 Å². The van der Waals surface area contributed by atoms with Gasteiger partial charge in [0.2, 0.25) is 0 Å². The van der Waals surface area contributed by atoms with Crippen molar-refractivity contribution < 1.29 is 18.7 Å². The van der Waals surface area contributed by atoms with E-state index in [0.717, 1.165) is 6.08 Å². The van der Waals surface area contributed by atoms with Gasteiger partial charge >= 0.3 is 11.9 Å². The molecule has 0 amide bonds. The first-order valence-electron chi connectivity index (χ1n) is 3.86. The average molecular weight is 205 g/mol. The molecule has 0 aromatic rings. The van der Waals surface area contributed by atoms with Crippen LogP contribution >= 0.6 is 11.6 Å². The van der Waals surface area contributed by atoms with Gasteiger partial charge in [-0.15, -0.1) is 11.6 Å². The van der Waals surface area contributed by atoms with E-state index < -0.39 is 35.0 Å². The molecule has 70 valence electrons. The Bertz CT molecular complexity index is 313. The number of halogens is 2. The molecular weight excluding hydrogens is 199 g/mol. The zero-order valence-electron chi connectivity index (χ0n) is 6.50. The van der Waals surface area contributed by atoms with E-state index in [2.05, 4.69) is 4.74 Å². The lowest BCUT2D eigenvalue weighted by molar-refractivity contribution is -0.153. The zero-order valence-corrected chi connectivity index (χ0v) is 7.25. The molecule has 1 saturated heterocycles. The fourth-order valence-corrected chi connectivity index (χ4v) is 1.86. The molecule has 5 heteroatoms. The number of hydrogen-bond acceptors (Lipinski definition) is 3. The molecule has 1 aliphatic carbocycles. The van der Waals surface area contributed by atoms with Crippen LogP contribution in [0.2, 0.25) is 0 Å². The maximum atomic E-state index is 12.9. The van der Waals surface area contributed by atoms with Crippen LogP contribution in [0.1, 0.15) is 6.42 Å². The Balaban J connectivity index is 2.34. The van der Waals surface area contributed by atoms with Crippen LogP contribution in [0.15, 0.2) is 11.9 Å². The lowest BCUT2D eigenvalue weighted by Crippen LogP contribution is -2.25. The molecule has 0 saturated carbocycles. The highest BCUT2D eigenvalue weighted by Gasteiger charge is 2.47. The van der Waals surface area contributed by atoms with Gasteiger partial charge in [0, 0.05) is 0 Å². The average Bonchev–Trinajstić information content (AvgIpc) is 2.31. The van der Waals surface area contributed by atoms with Gasteiger partial charge in [-0.2, -0.15) is 0 Å². The van der Waals surface area contributed by atoms with Crippen molar-refractivity contribution in [2.75, 3.05) is 0 Å². The summed E-state index contributed by atoms with van der Waals surface area (Å²) in [5, 5.41) is -0.806. The number of ether oxygens (including phenoxy) is 1. The Morgan fingerprint density at radius 3 is 2.85 bits per heavy atom. The Morgan fingerprint density at radius 1 is 1.46 bits per heavy atom. The number of cyclic esters (lactones) is 2. The molecule has 1 heterocycles. The van der Waals surface area contributed by atoms with Crippen LogP contribution in [0.4, 0.5) is 4.39 Å². The van der Waals surface area contributed by atoms with Gasteiger partial charge in [-0.1, -0.05) is 0 Å². The fraction of sp³-hybridized carbons (Fsp3) is 0.500. The maximum Gasteiger partial charge on any atom is 0.321 e. The van der Waals surface area contributed by atoms with Crippen molar-refractivity contribution in [3.63, 3.8) is 0 Å². The van der Waals surface area contributed by atoms with E-state index in [1.807, 2.05) is 0 Å². The number of alkyl halides is 1. The second-order valence-corrected chi connectivity index (χ2v) is 3.65. The summed E-state index contributed by atoms with van der Waals surface area (Å²) in [6.45, 7) is 0. The molecule has 2 aliphatic rings. The van der Waals surface area contributed by atoms with Gasteiger partial charge in [0.25, 0.3) is 0 Å². The lowest BCUT2D eigenvalue weighted by Gasteiger charge is -2.19. The van der Waals surface area contributed by atoms with Gasteiger partial charge in [0.05, 0.1) is 17.2 Å². The minimum atomic E-state index is -0.806. The number of esters is 2. The Labute approximate surface area is 78.5 Å². The van der Waals surface area contributed by atoms with Crippen molar-refractivity contribution in [3.05, 3.63) is 11.9 Å². The highest BCUT2D eigenvalue weighted by atomic mass is 35.5. The van der Waals surface area contributed by atoms with Crippen LogP contribution in [0.25, 0.3) is 0 Å². The smallest absolute Gasteiger partial charge is 0.321 e. The molecule has 0 radical (unpaired) electrons. The molecule has 0 aromatic heterocycles. The maximum absolute atomic E-state index is 12.9. The van der Waals surface area contributed by atoms with Crippen LogP contribution in [0.3, 0.4) is 0 Å². The van der Waals surface area contributed by atoms with Gasteiger partial charge in [-0.05, 0) is 12.5 Å². The Morgan fingerprint density at radius 2 is 2.15 bits per heavy atom. The van der Waals surface area contributed by atoms with Crippen LogP contribution in [0, 0.1) is 11.8 Å². The summed E-state index contributed by atoms with van der Waals surface area (Å²) >= 11 is 5.58. The van der Waals surface area contributed by atoms with Gasteiger partial charge in [-0.3, -0.25) is 9.59 Å². The minimum absolute atomic E-state index is 0.138. The van der Waals surface area contributed by atoms with Gasteiger partial charge in [0.15, 0.2) is 0 Å². The first-order valence-corrected chi connectivity index (χ1v) is 4.30. The highest BCUT2D eigenvalue weighted by molar-refractivity contribution is 6.22. The monoisotopic (exact) mass is 204 g/mol. The number of rotatable bonds is 0. The molecule has 0 N–H and O–H groups in total. The molecule has 1 aliphatic heterocycles. The number of carbonyl (C=O) groups is 2. The van der Waals surface area contributed by atoms with Crippen molar-refractivity contribution in [3.8, 4) is 0 Å². The SMILES string of the molecule is O=C1OC(=O)C2CC(Cl)C(F)=CC12. The van der Waals surface area contributed by atoms with Crippen molar-refractivity contribution in [2.45, 2.75) is 11.8 Å². The quantitative estimate of drug-likeness (QED) is 0.338. The molecule has 3 atom stereocenters. The minimum Gasteiger partial charge on any atom is -0.392 e. The van der Waals surface area contributed by atoms with E-state index in [1.165, 1.54) is 0 Å². The molecule has 3 nitrogen and oxygen atoms in total. The number of carbonyl (C=O) groups excluding carboxylic acids is 2. The van der Waals surface area contributed by atoms with E-state index in [4.69, 9.17) is 11.6 Å². The van der Waals surface area contributed by atoms with E-state index in [0.29, 0.717) is 0 Å². The topological polar surface area (TPSA) is 43.4 Å². The van der Waals surface area contributed by atoms with E-state index >= 15 is 0 Å².